The summed E-state index contributed by atoms with van der Waals surface area (Å²) in [5.41, 5.74) is 3.66. The average molecular weight is 270 g/mol. The van der Waals surface area contributed by atoms with Gasteiger partial charge in [-0.2, -0.15) is 0 Å². The van der Waals surface area contributed by atoms with Gasteiger partial charge in [0.15, 0.2) is 0 Å². The van der Waals surface area contributed by atoms with Gasteiger partial charge in [0.25, 0.3) is 0 Å². The molecule has 0 saturated heterocycles. The van der Waals surface area contributed by atoms with Crippen molar-refractivity contribution in [3.05, 3.63) is 46.8 Å². The first-order valence-corrected chi connectivity index (χ1v) is 6.98. The molecule has 2 rings (SSSR count). The van der Waals surface area contributed by atoms with Crippen LogP contribution in [0, 0.1) is 13.8 Å². The van der Waals surface area contributed by atoms with Crippen LogP contribution >= 0.6 is 0 Å². The smallest absolute Gasteiger partial charge is 0.135 e. The van der Waals surface area contributed by atoms with Crippen molar-refractivity contribution in [3.8, 4) is 0 Å². The zero-order valence-electron chi connectivity index (χ0n) is 12.6. The summed E-state index contributed by atoms with van der Waals surface area (Å²) >= 11 is 0. The van der Waals surface area contributed by atoms with Gasteiger partial charge < -0.3 is 10.6 Å². The lowest BCUT2D eigenvalue weighted by molar-refractivity contribution is 1.00. The van der Waals surface area contributed by atoms with E-state index in [0.29, 0.717) is 0 Å². The largest absolute Gasteiger partial charge is 0.373 e. The van der Waals surface area contributed by atoms with Crippen molar-refractivity contribution < 1.29 is 0 Å². The van der Waals surface area contributed by atoms with E-state index in [-0.39, 0.29) is 0 Å². The Balaban J connectivity index is 2.11. The Morgan fingerprint density at radius 2 is 1.55 bits per heavy atom. The van der Waals surface area contributed by atoms with Crippen molar-refractivity contribution in [2.24, 2.45) is 0 Å². The van der Waals surface area contributed by atoms with Crippen molar-refractivity contribution in [1.29, 1.82) is 0 Å². The van der Waals surface area contributed by atoms with Gasteiger partial charge in [-0.05, 0) is 31.4 Å². The van der Waals surface area contributed by atoms with Crippen LogP contribution in [-0.4, -0.2) is 17.0 Å². The number of rotatable bonds is 5. The van der Waals surface area contributed by atoms with Crippen LogP contribution in [0.5, 0.6) is 0 Å². The van der Waals surface area contributed by atoms with Crippen LogP contribution in [0.25, 0.3) is 0 Å². The molecule has 2 aromatic rings. The number of nitrogens with zero attached hydrogens (tertiary/aromatic N) is 2. The molecule has 4 nitrogen and oxygen atoms in total. The molecular formula is C16H22N4. The van der Waals surface area contributed by atoms with Gasteiger partial charge in [-0.3, -0.25) is 0 Å². The lowest BCUT2D eigenvalue weighted by Gasteiger charge is -2.12. The molecule has 0 aliphatic heterocycles. The summed E-state index contributed by atoms with van der Waals surface area (Å²) in [6.45, 7) is 6.86. The van der Waals surface area contributed by atoms with Gasteiger partial charge in [0.2, 0.25) is 0 Å². The summed E-state index contributed by atoms with van der Waals surface area (Å²) in [5.74, 6) is 2.53. The molecule has 0 aliphatic rings. The van der Waals surface area contributed by atoms with Crippen LogP contribution in [0.15, 0.2) is 24.3 Å². The van der Waals surface area contributed by atoms with Gasteiger partial charge in [-0.1, -0.05) is 31.2 Å². The molecule has 106 valence electrons. The Hall–Kier alpha value is -2.10. The third-order valence-corrected chi connectivity index (χ3v) is 3.39. The number of aromatic nitrogens is 2. The van der Waals surface area contributed by atoms with E-state index in [0.717, 1.165) is 36.0 Å². The Morgan fingerprint density at radius 1 is 0.950 bits per heavy atom. The summed E-state index contributed by atoms with van der Waals surface area (Å²) in [6, 6.07) is 8.67. The fraction of sp³-hybridized carbons (Fsp3) is 0.375. The van der Waals surface area contributed by atoms with Gasteiger partial charge in [0.1, 0.15) is 17.5 Å². The van der Waals surface area contributed by atoms with Crippen molar-refractivity contribution >= 4 is 11.6 Å². The van der Waals surface area contributed by atoms with E-state index in [9.17, 15) is 0 Å². The standard InChI is InChI=1S/C16H22N4/c1-5-13-6-8-14(9-7-13)10-18-16-11(2)15(17-4)19-12(3)20-16/h6-9H,5,10H2,1-4H3,(H2,17,18,19,20). The first-order chi connectivity index (χ1) is 9.63. The maximum Gasteiger partial charge on any atom is 0.135 e. The van der Waals surface area contributed by atoms with E-state index >= 15 is 0 Å². The van der Waals surface area contributed by atoms with E-state index in [1.54, 1.807) is 0 Å². The topological polar surface area (TPSA) is 49.8 Å². The lowest BCUT2D eigenvalue weighted by Crippen LogP contribution is -2.08. The summed E-state index contributed by atoms with van der Waals surface area (Å²) in [6.07, 6.45) is 1.07. The Kier molecular flexibility index (Phi) is 4.56. The molecule has 1 heterocycles. The molecule has 0 atom stereocenters. The lowest BCUT2D eigenvalue weighted by atomic mass is 10.1. The maximum atomic E-state index is 4.47. The monoisotopic (exact) mass is 270 g/mol. The van der Waals surface area contributed by atoms with E-state index in [1.807, 2.05) is 20.9 Å². The number of hydrogen-bond donors (Lipinski definition) is 2. The molecule has 0 amide bonds. The number of nitrogens with one attached hydrogen (secondary N) is 2. The van der Waals surface area contributed by atoms with E-state index in [2.05, 4.69) is 51.8 Å². The van der Waals surface area contributed by atoms with Gasteiger partial charge in [0.05, 0.1) is 0 Å². The first-order valence-electron chi connectivity index (χ1n) is 6.98. The van der Waals surface area contributed by atoms with E-state index < -0.39 is 0 Å². The van der Waals surface area contributed by atoms with Crippen molar-refractivity contribution in [1.82, 2.24) is 9.97 Å². The molecule has 0 bridgehead atoms. The molecule has 0 aliphatic carbocycles. The molecule has 0 spiro atoms. The predicted molar refractivity (Wildman–Crippen MR) is 84.2 cm³/mol. The second-order valence-electron chi connectivity index (χ2n) is 4.87. The average Bonchev–Trinajstić information content (AvgIpc) is 2.48. The van der Waals surface area contributed by atoms with Crippen molar-refractivity contribution in [2.75, 3.05) is 17.7 Å². The minimum absolute atomic E-state index is 0.767. The zero-order valence-corrected chi connectivity index (χ0v) is 12.6. The first kappa shape index (κ1) is 14.3. The van der Waals surface area contributed by atoms with Crippen molar-refractivity contribution in [3.63, 3.8) is 0 Å². The normalized spacial score (nSPS) is 10.4. The SMILES string of the molecule is CCc1ccc(CNc2nc(C)nc(NC)c2C)cc1. The van der Waals surface area contributed by atoms with Gasteiger partial charge in [-0.25, -0.2) is 9.97 Å². The minimum atomic E-state index is 0.767. The molecule has 1 aromatic carbocycles. The molecule has 0 unspecified atom stereocenters. The molecule has 0 radical (unpaired) electrons. The quantitative estimate of drug-likeness (QED) is 0.875. The van der Waals surface area contributed by atoms with Crippen molar-refractivity contribution in [2.45, 2.75) is 33.7 Å². The fourth-order valence-electron chi connectivity index (χ4n) is 2.12. The zero-order chi connectivity index (χ0) is 14.5. The van der Waals surface area contributed by atoms with Crippen LogP contribution in [-0.2, 0) is 13.0 Å². The second-order valence-corrected chi connectivity index (χ2v) is 4.87. The molecule has 2 N–H and O–H groups in total. The minimum Gasteiger partial charge on any atom is -0.373 e. The highest BCUT2D eigenvalue weighted by molar-refractivity contribution is 5.57. The predicted octanol–water partition coefficient (Wildman–Crippen LogP) is 3.31. The van der Waals surface area contributed by atoms with Gasteiger partial charge >= 0.3 is 0 Å². The van der Waals surface area contributed by atoms with E-state index in [4.69, 9.17) is 0 Å². The molecule has 0 saturated carbocycles. The van der Waals surface area contributed by atoms with Gasteiger partial charge in [-0.15, -0.1) is 0 Å². The molecular weight excluding hydrogens is 248 g/mol. The van der Waals surface area contributed by atoms with Crippen LogP contribution in [0.1, 0.15) is 29.4 Å². The highest BCUT2D eigenvalue weighted by Gasteiger charge is 2.07. The summed E-state index contributed by atoms with van der Waals surface area (Å²) in [7, 11) is 1.88. The highest BCUT2D eigenvalue weighted by atomic mass is 15.1. The fourth-order valence-corrected chi connectivity index (χ4v) is 2.12. The van der Waals surface area contributed by atoms with Crippen LogP contribution < -0.4 is 10.6 Å². The van der Waals surface area contributed by atoms with Crippen LogP contribution in [0.4, 0.5) is 11.6 Å². The third-order valence-electron chi connectivity index (χ3n) is 3.39. The molecule has 20 heavy (non-hydrogen) atoms. The van der Waals surface area contributed by atoms with Gasteiger partial charge in [0, 0.05) is 19.2 Å². The summed E-state index contributed by atoms with van der Waals surface area (Å²) in [4.78, 5) is 8.84. The number of anilines is 2. The molecule has 4 heteroatoms. The second kappa shape index (κ2) is 6.37. The summed E-state index contributed by atoms with van der Waals surface area (Å²) in [5, 5.41) is 6.49. The molecule has 1 aromatic heterocycles. The number of aryl methyl sites for hydroxylation is 2. The maximum absolute atomic E-state index is 4.47. The van der Waals surface area contributed by atoms with E-state index in [1.165, 1.54) is 11.1 Å². The Labute approximate surface area is 120 Å². The number of hydrogen-bond acceptors (Lipinski definition) is 4. The number of benzene rings is 1. The summed E-state index contributed by atoms with van der Waals surface area (Å²) < 4.78 is 0. The highest BCUT2D eigenvalue weighted by Crippen LogP contribution is 2.20. The van der Waals surface area contributed by atoms with Crippen LogP contribution in [0.3, 0.4) is 0 Å². The van der Waals surface area contributed by atoms with Crippen LogP contribution in [0.2, 0.25) is 0 Å². The Morgan fingerprint density at radius 3 is 2.15 bits per heavy atom. The third kappa shape index (κ3) is 3.26. The Bertz CT molecular complexity index is 576. The molecule has 0 fully saturated rings.